The fourth-order valence-corrected chi connectivity index (χ4v) is 1.17. The minimum atomic E-state index is 0.346. The van der Waals surface area contributed by atoms with Gasteiger partial charge in [-0.2, -0.15) is 9.97 Å². The number of nitrogen functional groups attached to an aromatic ring is 1. The van der Waals surface area contributed by atoms with Crippen molar-refractivity contribution in [2.24, 2.45) is 0 Å². The Morgan fingerprint density at radius 2 is 1.76 bits per heavy atom. The van der Waals surface area contributed by atoms with E-state index in [4.69, 9.17) is 19.9 Å². The third kappa shape index (κ3) is 4.44. The summed E-state index contributed by atoms with van der Waals surface area (Å²) in [6.45, 7) is 3.73. The van der Waals surface area contributed by atoms with Gasteiger partial charge in [-0.25, -0.2) is 0 Å². The van der Waals surface area contributed by atoms with Crippen LogP contribution in [-0.2, 0) is 4.74 Å². The van der Waals surface area contributed by atoms with E-state index in [1.54, 1.807) is 7.11 Å². The van der Waals surface area contributed by atoms with Crippen molar-refractivity contribution in [2.45, 2.75) is 19.8 Å². The number of hydrogen-bond acceptors (Lipinski definition) is 6. The summed E-state index contributed by atoms with van der Waals surface area (Å²) in [7, 11) is 1.65. The van der Waals surface area contributed by atoms with E-state index < -0.39 is 0 Å². The average molecular weight is 241 g/mol. The molecule has 1 heterocycles. The summed E-state index contributed by atoms with van der Waals surface area (Å²) in [5, 5.41) is 0. The molecule has 1 aromatic rings. The first-order chi connectivity index (χ1) is 8.29. The van der Waals surface area contributed by atoms with Gasteiger partial charge in [0, 0.05) is 20.1 Å². The predicted octanol–water partition coefficient (Wildman–Crippen LogP) is 1.26. The lowest BCUT2D eigenvalue weighted by Gasteiger charge is -2.10. The van der Waals surface area contributed by atoms with E-state index >= 15 is 0 Å². The Labute approximate surface area is 101 Å². The zero-order valence-corrected chi connectivity index (χ0v) is 10.3. The monoisotopic (exact) mass is 241 g/mol. The van der Waals surface area contributed by atoms with Crippen LogP contribution in [0.15, 0.2) is 6.33 Å². The van der Waals surface area contributed by atoms with Crippen LogP contribution in [0.4, 0.5) is 5.69 Å². The largest absolute Gasteiger partial charge is 0.476 e. The van der Waals surface area contributed by atoms with Crippen molar-refractivity contribution in [2.75, 3.05) is 32.7 Å². The first-order valence-electron chi connectivity index (χ1n) is 5.64. The second-order valence-corrected chi connectivity index (χ2v) is 3.44. The molecular formula is C11H19N3O3. The van der Waals surface area contributed by atoms with Crippen LogP contribution in [0.1, 0.15) is 19.8 Å². The highest BCUT2D eigenvalue weighted by Crippen LogP contribution is 2.26. The van der Waals surface area contributed by atoms with Gasteiger partial charge in [-0.1, -0.05) is 6.92 Å². The van der Waals surface area contributed by atoms with Gasteiger partial charge >= 0.3 is 0 Å². The van der Waals surface area contributed by atoms with Crippen LogP contribution in [0.3, 0.4) is 0 Å². The third-order valence-corrected chi connectivity index (χ3v) is 1.99. The molecule has 6 heteroatoms. The van der Waals surface area contributed by atoms with Crippen molar-refractivity contribution in [3.63, 3.8) is 0 Å². The van der Waals surface area contributed by atoms with Gasteiger partial charge in [0.15, 0.2) is 5.69 Å². The molecule has 0 aromatic carbocycles. The van der Waals surface area contributed by atoms with Crippen LogP contribution in [0.5, 0.6) is 11.8 Å². The van der Waals surface area contributed by atoms with Gasteiger partial charge in [-0.05, 0) is 6.42 Å². The maximum atomic E-state index is 5.83. The Morgan fingerprint density at radius 3 is 2.35 bits per heavy atom. The molecule has 0 atom stereocenters. The van der Waals surface area contributed by atoms with Gasteiger partial charge in [0.05, 0.1) is 13.2 Å². The Morgan fingerprint density at radius 1 is 1.12 bits per heavy atom. The molecule has 0 fully saturated rings. The topological polar surface area (TPSA) is 79.5 Å². The van der Waals surface area contributed by atoms with E-state index in [-0.39, 0.29) is 0 Å². The average Bonchev–Trinajstić information content (AvgIpc) is 2.35. The van der Waals surface area contributed by atoms with Gasteiger partial charge in [0.1, 0.15) is 6.33 Å². The standard InChI is InChI=1S/C11H19N3O3/c1-3-5-16-10-9(12)11(14-8-13-10)17-7-4-6-15-2/h8H,3-7,12H2,1-2H3. The quantitative estimate of drug-likeness (QED) is 0.690. The first-order valence-corrected chi connectivity index (χ1v) is 5.64. The van der Waals surface area contributed by atoms with E-state index in [1.165, 1.54) is 6.33 Å². The summed E-state index contributed by atoms with van der Waals surface area (Å²) in [5.74, 6) is 0.741. The Balaban J connectivity index is 2.53. The molecule has 1 aromatic heterocycles. The Hall–Kier alpha value is -1.56. The van der Waals surface area contributed by atoms with Crippen molar-refractivity contribution >= 4 is 5.69 Å². The summed E-state index contributed by atoms with van der Waals surface area (Å²) in [4.78, 5) is 7.92. The van der Waals surface area contributed by atoms with Crippen molar-refractivity contribution in [3.05, 3.63) is 6.33 Å². The molecule has 0 aliphatic heterocycles. The molecule has 0 radical (unpaired) electrons. The fraction of sp³-hybridized carbons (Fsp3) is 0.636. The molecule has 0 spiro atoms. The second kappa shape index (κ2) is 7.67. The number of anilines is 1. The molecular weight excluding hydrogens is 222 g/mol. The number of methoxy groups -OCH3 is 1. The van der Waals surface area contributed by atoms with Crippen LogP contribution >= 0.6 is 0 Å². The van der Waals surface area contributed by atoms with E-state index in [0.29, 0.717) is 37.3 Å². The van der Waals surface area contributed by atoms with Gasteiger partial charge in [-0.3, -0.25) is 0 Å². The highest BCUT2D eigenvalue weighted by molar-refractivity contribution is 5.55. The van der Waals surface area contributed by atoms with Crippen molar-refractivity contribution < 1.29 is 14.2 Å². The number of nitrogens with zero attached hydrogens (tertiary/aromatic N) is 2. The van der Waals surface area contributed by atoms with E-state index in [9.17, 15) is 0 Å². The van der Waals surface area contributed by atoms with Crippen LogP contribution in [0.25, 0.3) is 0 Å². The van der Waals surface area contributed by atoms with E-state index in [1.807, 2.05) is 6.92 Å². The number of hydrogen-bond donors (Lipinski definition) is 1. The van der Waals surface area contributed by atoms with Gasteiger partial charge in [-0.15, -0.1) is 0 Å². The first kappa shape index (κ1) is 13.5. The summed E-state index contributed by atoms with van der Waals surface area (Å²) in [6, 6.07) is 0. The maximum Gasteiger partial charge on any atom is 0.244 e. The zero-order valence-electron chi connectivity index (χ0n) is 10.3. The SMILES string of the molecule is CCCOc1ncnc(OCCCOC)c1N. The normalized spacial score (nSPS) is 10.2. The number of rotatable bonds is 8. The van der Waals surface area contributed by atoms with E-state index in [0.717, 1.165) is 12.8 Å². The summed E-state index contributed by atoms with van der Waals surface area (Å²) in [5.41, 5.74) is 6.18. The molecule has 0 amide bonds. The predicted molar refractivity (Wildman–Crippen MR) is 64.2 cm³/mol. The van der Waals surface area contributed by atoms with E-state index in [2.05, 4.69) is 9.97 Å². The van der Waals surface area contributed by atoms with Gasteiger partial charge in [0.25, 0.3) is 0 Å². The fourth-order valence-electron chi connectivity index (χ4n) is 1.17. The van der Waals surface area contributed by atoms with Crippen LogP contribution in [0, 0.1) is 0 Å². The minimum Gasteiger partial charge on any atom is -0.476 e. The summed E-state index contributed by atoms with van der Waals surface area (Å²) < 4.78 is 15.7. The molecule has 0 saturated heterocycles. The molecule has 6 nitrogen and oxygen atoms in total. The lowest BCUT2D eigenvalue weighted by atomic mass is 10.4. The van der Waals surface area contributed by atoms with Gasteiger partial charge in [0.2, 0.25) is 11.8 Å². The smallest absolute Gasteiger partial charge is 0.244 e. The summed E-state index contributed by atoms with van der Waals surface area (Å²) in [6.07, 6.45) is 3.06. The number of nitrogens with two attached hydrogens (primary N) is 1. The lowest BCUT2D eigenvalue weighted by molar-refractivity contribution is 0.170. The Kier molecular flexibility index (Phi) is 6.09. The molecule has 0 saturated carbocycles. The van der Waals surface area contributed by atoms with Crippen molar-refractivity contribution in [3.8, 4) is 11.8 Å². The Bertz CT molecular complexity index is 334. The van der Waals surface area contributed by atoms with Crippen molar-refractivity contribution in [1.82, 2.24) is 9.97 Å². The minimum absolute atomic E-state index is 0.346. The van der Waals surface area contributed by atoms with Gasteiger partial charge < -0.3 is 19.9 Å². The molecule has 0 unspecified atom stereocenters. The molecule has 96 valence electrons. The van der Waals surface area contributed by atoms with Crippen LogP contribution < -0.4 is 15.2 Å². The highest BCUT2D eigenvalue weighted by atomic mass is 16.5. The van der Waals surface area contributed by atoms with Crippen LogP contribution in [-0.4, -0.2) is 36.9 Å². The van der Waals surface area contributed by atoms with Crippen molar-refractivity contribution in [1.29, 1.82) is 0 Å². The lowest BCUT2D eigenvalue weighted by Crippen LogP contribution is -2.08. The maximum absolute atomic E-state index is 5.83. The molecule has 17 heavy (non-hydrogen) atoms. The number of ether oxygens (including phenoxy) is 3. The molecule has 0 aliphatic rings. The zero-order chi connectivity index (χ0) is 12.5. The molecule has 0 aliphatic carbocycles. The second-order valence-electron chi connectivity index (χ2n) is 3.44. The summed E-state index contributed by atoms with van der Waals surface area (Å²) >= 11 is 0. The molecule has 2 N–H and O–H groups in total. The third-order valence-electron chi connectivity index (χ3n) is 1.99. The highest BCUT2D eigenvalue weighted by Gasteiger charge is 2.09. The molecule has 1 rings (SSSR count). The molecule has 0 bridgehead atoms. The van der Waals surface area contributed by atoms with Crippen LogP contribution in [0.2, 0.25) is 0 Å². The number of aromatic nitrogens is 2.